The van der Waals surface area contributed by atoms with Crippen LogP contribution >= 0.6 is 15.9 Å². The summed E-state index contributed by atoms with van der Waals surface area (Å²) in [4.78, 5) is 21.8. The summed E-state index contributed by atoms with van der Waals surface area (Å²) in [5.74, 6) is 0.401. The lowest BCUT2D eigenvalue weighted by atomic mass is 10.1. The maximum Gasteiger partial charge on any atom is 0.269 e. The molecule has 1 amide bonds. The van der Waals surface area contributed by atoms with Crippen LogP contribution in [0.15, 0.2) is 24.3 Å². The summed E-state index contributed by atoms with van der Waals surface area (Å²) in [6.45, 7) is 2.76. The van der Waals surface area contributed by atoms with Crippen LogP contribution < -0.4 is 5.32 Å². The predicted molar refractivity (Wildman–Crippen MR) is 77.6 cm³/mol. The Morgan fingerprint density at radius 3 is 2.58 bits per heavy atom. The van der Waals surface area contributed by atoms with Crippen LogP contribution in [0.4, 0.5) is 5.69 Å². The van der Waals surface area contributed by atoms with E-state index < -0.39 is 4.92 Å². The van der Waals surface area contributed by atoms with Gasteiger partial charge in [-0.05, 0) is 30.9 Å². The van der Waals surface area contributed by atoms with E-state index in [1.807, 2.05) is 0 Å². The number of halogens is 1. The van der Waals surface area contributed by atoms with Gasteiger partial charge in [-0.2, -0.15) is 0 Å². The second-order valence-corrected chi connectivity index (χ2v) is 5.11. The zero-order valence-corrected chi connectivity index (χ0v) is 12.4. The standard InChI is InChI=1S/C13H17BrN2O3/c1-10(9-14)3-2-8-15-13(17)11-4-6-12(7-5-11)16(18)19/h4-7,10H,2-3,8-9H2,1H3,(H,15,17). The first kappa shape index (κ1) is 15.6. The first-order chi connectivity index (χ1) is 9.04. The lowest BCUT2D eigenvalue weighted by Crippen LogP contribution is -2.24. The van der Waals surface area contributed by atoms with Crippen molar-refractivity contribution < 1.29 is 9.72 Å². The van der Waals surface area contributed by atoms with Gasteiger partial charge in [0.05, 0.1) is 4.92 Å². The number of benzene rings is 1. The smallest absolute Gasteiger partial charge is 0.269 e. The fourth-order valence-corrected chi connectivity index (χ4v) is 1.89. The van der Waals surface area contributed by atoms with E-state index in [0.717, 1.165) is 18.2 Å². The van der Waals surface area contributed by atoms with Crippen LogP contribution in [0.1, 0.15) is 30.1 Å². The third-order valence-electron chi connectivity index (χ3n) is 2.76. The van der Waals surface area contributed by atoms with Crippen molar-refractivity contribution in [3.8, 4) is 0 Å². The quantitative estimate of drug-likeness (QED) is 0.361. The molecule has 1 unspecified atom stereocenters. The van der Waals surface area contributed by atoms with Crippen molar-refractivity contribution in [2.75, 3.05) is 11.9 Å². The molecule has 0 heterocycles. The summed E-state index contributed by atoms with van der Waals surface area (Å²) in [5.41, 5.74) is 0.432. The normalized spacial score (nSPS) is 11.9. The number of rotatable bonds is 7. The Kier molecular flexibility index (Phi) is 6.49. The SMILES string of the molecule is CC(CBr)CCCNC(=O)c1ccc([N+](=O)[O-])cc1. The van der Waals surface area contributed by atoms with Crippen LogP contribution in [0.2, 0.25) is 0 Å². The highest BCUT2D eigenvalue weighted by atomic mass is 79.9. The van der Waals surface area contributed by atoms with E-state index in [0.29, 0.717) is 18.0 Å². The molecule has 1 rings (SSSR count). The minimum atomic E-state index is -0.483. The lowest BCUT2D eigenvalue weighted by molar-refractivity contribution is -0.384. The summed E-state index contributed by atoms with van der Waals surface area (Å²) >= 11 is 3.41. The lowest BCUT2D eigenvalue weighted by Gasteiger charge is -2.08. The topological polar surface area (TPSA) is 72.2 Å². The van der Waals surface area contributed by atoms with Gasteiger partial charge in [-0.3, -0.25) is 14.9 Å². The number of nitrogens with zero attached hydrogens (tertiary/aromatic N) is 1. The molecule has 1 atom stereocenters. The largest absolute Gasteiger partial charge is 0.352 e. The van der Waals surface area contributed by atoms with Gasteiger partial charge in [-0.1, -0.05) is 22.9 Å². The van der Waals surface area contributed by atoms with Gasteiger partial charge in [0.1, 0.15) is 0 Å². The average molecular weight is 329 g/mol. The Morgan fingerprint density at radius 1 is 1.42 bits per heavy atom. The minimum Gasteiger partial charge on any atom is -0.352 e. The maximum atomic E-state index is 11.7. The highest BCUT2D eigenvalue weighted by molar-refractivity contribution is 9.09. The fraction of sp³-hybridized carbons (Fsp3) is 0.462. The number of hydrogen-bond acceptors (Lipinski definition) is 3. The van der Waals surface area contributed by atoms with Gasteiger partial charge < -0.3 is 5.32 Å². The first-order valence-corrected chi connectivity index (χ1v) is 7.25. The second kappa shape index (κ2) is 7.89. The van der Waals surface area contributed by atoms with Crippen molar-refractivity contribution in [1.82, 2.24) is 5.32 Å². The molecule has 0 saturated carbocycles. The van der Waals surface area contributed by atoms with Crippen molar-refractivity contribution in [1.29, 1.82) is 0 Å². The summed E-state index contributed by atoms with van der Waals surface area (Å²) in [7, 11) is 0. The monoisotopic (exact) mass is 328 g/mol. The third kappa shape index (κ3) is 5.38. The molecular weight excluding hydrogens is 312 g/mol. The molecule has 0 aliphatic heterocycles. The zero-order chi connectivity index (χ0) is 14.3. The maximum absolute atomic E-state index is 11.7. The van der Waals surface area contributed by atoms with Crippen LogP contribution in [0.25, 0.3) is 0 Å². The minimum absolute atomic E-state index is 0.0114. The van der Waals surface area contributed by atoms with E-state index in [9.17, 15) is 14.9 Å². The highest BCUT2D eigenvalue weighted by Gasteiger charge is 2.09. The van der Waals surface area contributed by atoms with E-state index in [2.05, 4.69) is 28.2 Å². The molecule has 0 spiro atoms. The molecule has 0 aromatic heterocycles. The van der Waals surface area contributed by atoms with Gasteiger partial charge in [-0.15, -0.1) is 0 Å². The van der Waals surface area contributed by atoms with Gasteiger partial charge in [0.15, 0.2) is 0 Å². The van der Waals surface area contributed by atoms with E-state index >= 15 is 0 Å². The summed E-state index contributed by atoms with van der Waals surface area (Å²) in [5, 5.41) is 14.3. The second-order valence-electron chi connectivity index (χ2n) is 4.46. The molecule has 0 radical (unpaired) electrons. The van der Waals surface area contributed by atoms with Crippen molar-refractivity contribution in [3.63, 3.8) is 0 Å². The number of carbonyl (C=O) groups excluding carboxylic acids is 1. The molecule has 6 heteroatoms. The molecular formula is C13H17BrN2O3. The Morgan fingerprint density at radius 2 is 2.05 bits per heavy atom. The van der Waals surface area contributed by atoms with E-state index in [1.54, 1.807) is 0 Å². The number of amides is 1. The molecule has 5 nitrogen and oxygen atoms in total. The zero-order valence-electron chi connectivity index (χ0n) is 10.8. The number of alkyl halides is 1. The molecule has 1 N–H and O–H groups in total. The number of nitro groups is 1. The number of nitro benzene ring substituents is 1. The molecule has 0 aliphatic rings. The van der Waals surface area contributed by atoms with E-state index in [-0.39, 0.29) is 11.6 Å². The summed E-state index contributed by atoms with van der Waals surface area (Å²) < 4.78 is 0. The number of hydrogen-bond donors (Lipinski definition) is 1. The van der Waals surface area contributed by atoms with Crippen molar-refractivity contribution in [2.45, 2.75) is 19.8 Å². The molecule has 0 saturated heterocycles. The first-order valence-electron chi connectivity index (χ1n) is 6.13. The Labute approximate surface area is 120 Å². The highest BCUT2D eigenvalue weighted by Crippen LogP contribution is 2.12. The number of non-ortho nitro benzene ring substituents is 1. The molecule has 0 aliphatic carbocycles. The molecule has 19 heavy (non-hydrogen) atoms. The van der Waals surface area contributed by atoms with Gasteiger partial charge in [0.2, 0.25) is 0 Å². The van der Waals surface area contributed by atoms with E-state index in [1.165, 1.54) is 24.3 Å². The van der Waals surface area contributed by atoms with Crippen molar-refractivity contribution in [3.05, 3.63) is 39.9 Å². The van der Waals surface area contributed by atoms with Crippen LogP contribution in [0, 0.1) is 16.0 Å². The van der Waals surface area contributed by atoms with Crippen LogP contribution in [-0.2, 0) is 0 Å². The predicted octanol–water partition coefficient (Wildman–Crippen LogP) is 3.14. The molecule has 1 aromatic carbocycles. The molecule has 1 aromatic rings. The fourth-order valence-electron chi connectivity index (χ4n) is 1.57. The third-order valence-corrected chi connectivity index (χ3v) is 3.87. The van der Waals surface area contributed by atoms with Crippen LogP contribution in [-0.4, -0.2) is 22.7 Å². The van der Waals surface area contributed by atoms with Crippen LogP contribution in [0.3, 0.4) is 0 Å². The summed E-state index contributed by atoms with van der Waals surface area (Å²) in [6.07, 6.45) is 1.97. The number of nitrogens with one attached hydrogen (secondary N) is 1. The summed E-state index contributed by atoms with van der Waals surface area (Å²) in [6, 6.07) is 5.60. The van der Waals surface area contributed by atoms with Gasteiger partial charge >= 0.3 is 0 Å². The van der Waals surface area contributed by atoms with E-state index in [4.69, 9.17) is 0 Å². The Bertz CT molecular complexity index is 434. The van der Waals surface area contributed by atoms with Gasteiger partial charge in [0, 0.05) is 29.6 Å². The average Bonchev–Trinajstić information content (AvgIpc) is 2.43. The number of carbonyl (C=O) groups is 1. The molecule has 104 valence electrons. The van der Waals surface area contributed by atoms with Crippen molar-refractivity contribution in [2.24, 2.45) is 5.92 Å². The van der Waals surface area contributed by atoms with Gasteiger partial charge in [0.25, 0.3) is 11.6 Å². The Hall–Kier alpha value is -1.43. The van der Waals surface area contributed by atoms with Crippen LogP contribution in [0.5, 0.6) is 0 Å². The molecule has 0 bridgehead atoms. The van der Waals surface area contributed by atoms with Gasteiger partial charge in [-0.25, -0.2) is 0 Å². The van der Waals surface area contributed by atoms with Crippen molar-refractivity contribution >= 4 is 27.5 Å². The Balaban J connectivity index is 2.39. The molecule has 0 fully saturated rings.